The minimum atomic E-state index is -0.586. The minimum absolute atomic E-state index is 0.00374. The van der Waals surface area contributed by atoms with Crippen molar-refractivity contribution in [1.29, 1.82) is 0 Å². The van der Waals surface area contributed by atoms with Gasteiger partial charge in [0.25, 0.3) is 5.91 Å². The highest BCUT2D eigenvalue weighted by Gasteiger charge is 2.18. The number of halogens is 1. The number of anilines is 1. The molecule has 9 nitrogen and oxygen atoms in total. The molecule has 0 bridgehead atoms. The highest BCUT2D eigenvalue weighted by Crippen LogP contribution is 2.23. The fourth-order valence-corrected chi connectivity index (χ4v) is 3.28. The van der Waals surface area contributed by atoms with Crippen molar-refractivity contribution in [3.63, 3.8) is 0 Å². The van der Waals surface area contributed by atoms with Gasteiger partial charge in [0.2, 0.25) is 0 Å². The van der Waals surface area contributed by atoms with Crippen LogP contribution in [0.4, 0.5) is 10.1 Å². The zero-order valence-electron chi connectivity index (χ0n) is 16.3. The van der Waals surface area contributed by atoms with Gasteiger partial charge in [-0.25, -0.2) is 13.9 Å². The van der Waals surface area contributed by atoms with Gasteiger partial charge in [0.1, 0.15) is 11.4 Å². The van der Waals surface area contributed by atoms with E-state index in [1.807, 2.05) is 36.4 Å². The van der Waals surface area contributed by atoms with Crippen molar-refractivity contribution in [2.75, 3.05) is 5.32 Å². The molecule has 0 unspecified atom stereocenters. The summed E-state index contributed by atoms with van der Waals surface area (Å²) in [5, 5.41) is 18.2. The molecule has 0 aliphatic heterocycles. The van der Waals surface area contributed by atoms with E-state index in [-0.39, 0.29) is 11.3 Å². The highest BCUT2D eigenvalue weighted by molar-refractivity contribution is 6.08. The summed E-state index contributed by atoms with van der Waals surface area (Å²) in [7, 11) is 0. The number of hydrogen-bond donors (Lipinski definition) is 1. The molecule has 5 aromatic rings. The second kappa shape index (κ2) is 7.41. The quantitative estimate of drug-likeness (QED) is 0.485. The van der Waals surface area contributed by atoms with Crippen molar-refractivity contribution in [3.8, 4) is 16.9 Å². The molecule has 10 heteroatoms. The van der Waals surface area contributed by atoms with Crippen LogP contribution < -0.4 is 5.32 Å². The van der Waals surface area contributed by atoms with Crippen molar-refractivity contribution in [1.82, 2.24) is 34.8 Å². The molecule has 3 heterocycles. The molecule has 2 aromatic carbocycles. The summed E-state index contributed by atoms with van der Waals surface area (Å²) in [4.78, 5) is 17.2. The van der Waals surface area contributed by atoms with Crippen molar-refractivity contribution in [2.24, 2.45) is 0 Å². The molecular formula is C21H15FN8O. The van der Waals surface area contributed by atoms with Crippen molar-refractivity contribution in [3.05, 3.63) is 84.2 Å². The lowest BCUT2D eigenvalue weighted by atomic mass is 10.1. The number of tetrazole rings is 1. The van der Waals surface area contributed by atoms with Gasteiger partial charge >= 0.3 is 0 Å². The molecule has 1 N–H and O–H groups in total. The second-order valence-electron chi connectivity index (χ2n) is 6.75. The van der Waals surface area contributed by atoms with E-state index in [0.29, 0.717) is 17.2 Å². The lowest BCUT2D eigenvalue weighted by Gasteiger charge is -2.09. The van der Waals surface area contributed by atoms with E-state index in [0.717, 1.165) is 11.3 Å². The Balaban J connectivity index is 1.50. The number of nitrogens with zero attached hydrogens (tertiary/aromatic N) is 7. The number of carbonyl (C=O) groups is 1. The van der Waals surface area contributed by atoms with Gasteiger partial charge in [0, 0.05) is 11.8 Å². The molecule has 0 saturated carbocycles. The molecule has 0 fully saturated rings. The molecule has 0 aliphatic carbocycles. The number of nitrogens with one attached hydrogen (secondary N) is 1. The average molecular weight is 414 g/mol. The third-order valence-electron chi connectivity index (χ3n) is 4.78. The first-order chi connectivity index (χ1) is 15.1. The fourth-order valence-electron chi connectivity index (χ4n) is 3.28. The Morgan fingerprint density at radius 1 is 1.10 bits per heavy atom. The Hall–Kier alpha value is -4.47. The van der Waals surface area contributed by atoms with Crippen LogP contribution in [-0.2, 0) is 0 Å². The van der Waals surface area contributed by atoms with Gasteiger partial charge in [-0.2, -0.15) is 9.78 Å². The van der Waals surface area contributed by atoms with Gasteiger partial charge in [-0.3, -0.25) is 4.79 Å². The molecule has 3 aromatic heterocycles. The molecule has 0 saturated heterocycles. The summed E-state index contributed by atoms with van der Waals surface area (Å²) in [6, 6.07) is 15.7. The maximum atomic E-state index is 14.4. The fraction of sp³-hybridized carbons (Fsp3) is 0.0476. The SMILES string of the molecule is Cc1nnnn1-c1ccc(F)c(NC(=O)c2cnn3c(-c4ccccc4)ccnc23)c1. The zero-order valence-corrected chi connectivity index (χ0v) is 16.3. The largest absolute Gasteiger partial charge is 0.319 e. The molecule has 0 aliphatic rings. The number of benzene rings is 2. The Bertz CT molecular complexity index is 1410. The molecular weight excluding hydrogens is 399 g/mol. The van der Waals surface area contributed by atoms with Crippen LogP contribution in [0.1, 0.15) is 16.2 Å². The first-order valence-corrected chi connectivity index (χ1v) is 9.36. The van der Waals surface area contributed by atoms with Gasteiger partial charge in [0.05, 0.1) is 23.3 Å². The lowest BCUT2D eigenvalue weighted by molar-refractivity contribution is 0.102. The predicted molar refractivity (Wildman–Crippen MR) is 110 cm³/mol. The standard InChI is InChI=1S/C21H15FN8O/c1-13-26-27-28-29(13)15-7-8-17(22)18(11-15)25-21(31)16-12-24-30-19(9-10-23-20(16)30)14-5-3-2-4-6-14/h2-12H,1H3,(H,25,31). The van der Waals surface area contributed by atoms with Gasteiger partial charge in [-0.05, 0) is 41.6 Å². The van der Waals surface area contributed by atoms with Crippen molar-refractivity contribution in [2.45, 2.75) is 6.92 Å². The average Bonchev–Trinajstić information content (AvgIpc) is 3.42. The zero-order chi connectivity index (χ0) is 21.4. The number of carbonyl (C=O) groups excluding carboxylic acids is 1. The summed E-state index contributed by atoms with van der Waals surface area (Å²) >= 11 is 0. The first-order valence-electron chi connectivity index (χ1n) is 9.36. The molecule has 31 heavy (non-hydrogen) atoms. The van der Waals surface area contributed by atoms with E-state index < -0.39 is 11.7 Å². The number of aryl methyl sites for hydroxylation is 1. The molecule has 0 atom stereocenters. The predicted octanol–water partition coefficient (Wildman–Crippen LogP) is 3.07. The lowest BCUT2D eigenvalue weighted by Crippen LogP contribution is -2.14. The van der Waals surface area contributed by atoms with Crippen LogP contribution in [0.25, 0.3) is 22.6 Å². The van der Waals surface area contributed by atoms with Crippen LogP contribution >= 0.6 is 0 Å². The van der Waals surface area contributed by atoms with Crippen LogP contribution in [0.5, 0.6) is 0 Å². The number of aromatic nitrogens is 7. The van der Waals surface area contributed by atoms with E-state index in [1.54, 1.807) is 17.6 Å². The maximum Gasteiger partial charge on any atom is 0.261 e. The van der Waals surface area contributed by atoms with Crippen LogP contribution in [-0.4, -0.2) is 40.7 Å². The first kappa shape index (κ1) is 18.6. The number of rotatable bonds is 4. The third-order valence-corrected chi connectivity index (χ3v) is 4.78. The number of amides is 1. The monoisotopic (exact) mass is 414 g/mol. The van der Waals surface area contributed by atoms with E-state index >= 15 is 0 Å². The summed E-state index contributed by atoms with van der Waals surface area (Å²) in [6.45, 7) is 1.72. The van der Waals surface area contributed by atoms with Crippen LogP contribution in [0.2, 0.25) is 0 Å². The summed E-state index contributed by atoms with van der Waals surface area (Å²) in [5.74, 6) is -0.585. The van der Waals surface area contributed by atoms with Crippen LogP contribution in [0, 0.1) is 12.7 Å². The number of fused-ring (bicyclic) bond motifs is 1. The third kappa shape index (κ3) is 3.29. The van der Waals surface area contributed by atoms with E-state index in [9.17, 15) is 9.18 Å². The molecule has 1 amide bonds. The highest BCUT2D eigenvalue weighted by atomic mass is 19.1. The van der Waals surface area contributed by atoms with Gasteiger partial charge in [-0.15, -0.1) is 5.10 Å². The molecule has 5 rings (SSSR count). The number of hydrogen-bond acceptors (Lipinski definition) is 6. The topological polar surface area (TPSA) is 103 Å². The maximum absolute atomic E-state index is 14.4. The normalized spacial score (nSPS) is 11.0. The molecule has 152 valence electrons. The molecule has 0 radical (unpaired) electrons. The van der Waals surface area contributed by atoms with Crippen molar-refractivity contribution >= 4 is 17.2 Å². The van der Waals surface area contributed by atoms with E-state index in [2.05, 4.69) is 30.9 Å². The second-order valence-corrected chi connectivity index (χ2v) is 6.75. The van der Waals surface area contributed by atoms with Gasteiger partial charge in [-0.1, -0.05) is 30.3 Å². The summed E-state index contributed by atoms with van der Waals surface area (Å²) in [6.07, 6.45) is 3.02. The van der Waals surface area contributed by atoms with Crippen molar-refractivity contribution < 1.29 is 9.18 Å². The summed E-state index contributed by atoms with van der Waals surface area (Å²) < 4.78 is 17.4. The summed E-state index contributed by atoms with van der Waals surface area (Å²) in [5.41, 5.74) is 2.82. The molecule has 0 spiro atoms. The van der Waals surface area contributed by atoms with Gasteiger partial charge < -0.3 is 5.32 Å². The Morgan fingerprint density at radius 3 is 2.71 bits per heavy atom. The van der Waals surface area contributed by atoms with Crippen LogP contribution in [0.15, 0.2) is 67.0 Å². The van der Waals surface area contributed by atoms with E-state index in [1.165, 1.54) is 29.1 Å². The minimum Gasteiger partial charge on any atom is -0.319 e. The Labute approximate surface area is 175 Å². The van der Waals surface area contributed by atoms with E-state index in [4.69, 9.17) is 0 Å². The van der Waals surface area contributed by atoms with Gasteiger partial charge in [0.15, 0.2) is 11.5 Å². The Kier molecular flexibility index (Phi) is 4.43. The van der Waals surface area contributed by atoms with Crippen LogP contribution in [0.3, 0.4) is 0 Å². The smallest absolute Gasteiger partial charge is 0.261 e. The Morgan fingerprint density at radius 2 is 1.94 bits per heavy atom.